The molecule has 1 amide bonds. The highest BCUT2D eigenvalue weighted by Gasteiger charge is 2.30. The second-order valence-corrected chi connectivity index (χ2v) is 11.0. The fourth-order valence-corrected chi connectivity index (χ4v) is 4.41. The highest BCUT2D eigenvalue weighted by atomic mass is 19.4. The zero-order chi connectivity index (χ0) is 27.2. The molecule has 0 aromatic heterocycles. The lowest BCUT2D eigenvalue weighted by Crippen LogP contribution is -2.49. The van der Waals surface area contributed by atoms with Crippen LogP contribution in [0.4, 0.5) is 13.2 Å². The van der Waals surface area contributed by atoms with Gasteiger partial charge < -0.3 is 15.0 Å². The number of piperazine rings is 1. The molecule has 8 heteroatoms. The molecule has 1 fully saturated rings. The highest BCUT2D eigenvalue weighted by molar-refractivity contribution is 5.94. The van der Waals surface area contributed by atoms with Crippen molar-refractivity contribution in [2.45, 2.75) is 47.2 Å². The van der Waals surface area contributed by atoms with Gasteiger partial charge in [0.2, 0.25) is 0 Å². The molecular formula is C29H40F3N3O2. The Kier molecular flexibility index (Phi) is 9.64. The van der Waals surface area contributed by atoms with Crippen LogP contribution in [0.3, 0.4) is 0 Å². The van der Waals surface area contributed by atoms with Gasteiger partial charge in [0.25, 0.3) is 5.91 Å². The number of carbonyl (C=O) groups is 1. The number of nitrogens with one attached hydrogen (secondary N) is 1. The Labute approximate surface area is 219 Å². The van der Waals surface area contributed by atoms with E-state index in [0.29, 0.717) is 25.3 Å². The number of ether oxygens (including phenoxy) is 1. The van der Waals surface area contributed by atoms with Crippen molar-refractivity contribution in [2.24, 2.45) is 5.41 Å². The second kappa shape index (κ2) is 12.3. The number of rotatable bonds is 9. The van der Waals surface area contributed by atoms with Crippen LogP contribution in [0, 0.1) is 19.3 Å². The summed E-state index contributed by atoms with van der Waals surface area (Å²) in [6, 6.07) is 8.66. The molecule has 0 saturated carbocycles. The fraction of sp³-hybridized carbons (Fsp3) is 0.552. The zero-order valence-electron chi connectivity index (χ0n) is 22.7. The summed E-state index contributed by atoms with van der Waals surface area (Å²) < 4.78 is 44.3. The van der Waals surface area contributed by atoms with Crippen molar-refractivity contribution in [3.05, 3.63) is 64.2 Å². The van der Waals surface area contributed by atoms with Crippen molar-refractivity contribution in [1.29, 1.82) is 0 Å². The number of hydrogen-bond donors (Lipinski definition) is 1. The molecule has 0 atom stereocenters. The predicted octanol–water partition coefficient (Wildman–Crippen LogP) is 5.34. The molecule has 0 radical (unpaired) electrons. The smallest absolute Gasteiger partial charge is 0.416 e. The van der Waals surface area contributed by atoms with Gasteiger partial charge in [-0.15, -0.1) is 0 Å². The van der Waals surface area contributed by atoms with Crippen LogP contribution in [0.15, 0.2) is 36.4 Å². The van der Waals surface area contributed by atoms with E-state index in [4.69, 9.17) is 4.74 Å². The van der Waals surface area contributed by atoms with Crippen molar-refractivity contribution in [3.63, 3.8) is 0 Å². The second-order valence-electron chi connectivity index (χ2n) is 11.0. The first-order valence-electron chi connectivity index (χ1n) is 13.0. The lowest BCUT2D eigenvalue weighted by molar-refractivity contribution is -0.137. The molecule has 1 heterocycles. The lowest BCUT2D eigenvalue weighted by Gasteiger charge is -2.35. The minimum absolute atomic E-state index is 0.218. The fourth-order valence-electron chi connectivity index (χ4n) is 4.41. The van der Waals surface area contributed by atoms with E-state index in [-0.39, 0.29) is 11.3 Å². The number of halogens is 3. The maximum absolute atomic E-state index is 12.8. The van der Waals surface area contributed by atoms with E-state index in [1.165, 1.54) is 28.8 Å². The Hall–Kier alpha value is -2.58. The van der Waals surface area contributed by atoms with Crippen molar-refractivity contribution in [2.75, 3.05) is 52.4 Å². The third kappa shape index (κ3) is 8.47. The third-order valence-corrected chi connectivity index (χ3v) is 6.86. The minimum atomic E-state index is -4.40. The monoisotopic (exact) mass is 519 g/mol. The molecule has 1 aliphatic heterocycles. The van der Waals surface area contributed by atoms with Crippen LogP contribution in [0.5, 0.6) is 5.75 Å². The van der Waals surface area contributed by atoms with Gasteiger partial charge in [0.1, 0.15) is 12.4 Å². The summed E-state index contributed by atoms with van der Waals surface area (Å²) in [5.41, 5.74) is 3.50. The SMILES string of the molecule is Cc1c(CCN2CCN(C(=O)c3ccc(C(F)(F)F)cc3)CC2)ccc(OCCNCC(C)(C)C)c1C. The van der Waals surface area contributed by atoms with E-state index in [1.807, 2.05) is 0 Å². The van der Waals surface area contributed by atoms with E-state index in [2.05, 4.69) is 57.0 Å². The number of carbonyl (C=O) groups excluding carboxylic acids is 1. The van der Waals surface area contributed by atoms with Crippen LogP contribution in [-0.2, 0) is 12.6 Å². The van der Waals surface area contributed by atoms with Crippen molar-refractivity contribution in [3.8, 4) is 5.75 Å². The Balaban J connectivity index is 1.44. The van der Waals surface area contributed by atoms with E-state index < -0.39 is 11.7 Å². The summed E-state index contributed by atoms with van der Waals surface area (Å²) in [4.78, 5) is 16.8. The average molecular weight is 520 g/mol. The molecular weight excluding hydrogens is 479 g/mol. The number of nitrogens with zero attached hydrogens (tertiary/aromatic N) is 2. The van der Waals surface area contributed by atoms with Crippen molar-refractivity contribution < 1.29 is 22.7 Å². The largest absolute Gasteiger partial charge is 0.492 e. The Morgan fingerprint density at radius 2 is 1.59 bits per heavy atom. The zero-order valence-corrected chi connectivity index (χ0v) is 22.7. The van der Waals surface area contributed by atoms with E-state index in [1.54, 1.807) is 4.90 Å². The summed E-state index contributed by atoms with van der Waals surface area (Å²) in [7, 11) is 0. The summed E-state index contributed by atoms with van der Waals surface area (Å²) in [5.74, 6) is 0.707. The molecule has 37 heavy (non-hydrogen) atoms. The molecule has 1 saturated heterocycles. The van der Waals surface area contributed by atoms with Gasteiger partial charge in [-0.1, -0.05) is 26.8 Å². The van der Waals surface area contributed by atoms with Gasteiger partial charge in [-0.2, -0.15) is 13.2 Å². The van der Waals surface area contributed by atoms with Gasteiger partial charge in [-0.3, -0.25) is 9.69 Å². The normalized spacial score (nSPS) is 15.2. The molecule has 1 aliphatic rings. The lowest BCUT2D eigenvalue weighted by atomic mass is 9.97. The summed E-state index contributed by atoms with van der Waals surface area (Å²) in [6.07, 6.45) is -3.49. The van der Waals surface area contributed by atoms with Gasteiger partial charge in [0.15, 0.2) is 0 Å². The number of hydrogen-bond acceptors (Lipinski definition) is 4. The Morgan fingerprint density at radius 1 is 0.946 bits per heavy atom. The molecule has 2 aromatic rings. The standard InChI is InChI=1S/C29H40F3N3O2/c1-21-22(2)26(37-19-13-33-20-28(3,4)5)11-8-23(21)12-14-34-15-17-35(18-16-34)27(36)24-6-9-25(10-7-24)29(30,31)32/h6-11,33H,12-20H2,1-5H3. The first-order chi connectivity index (χ1) is 17.3. The van der Waals surface area contributed by atoms with Gasteiger partial charge in [-0.25, -0.2) is 0 Å². The molecule has 2 aromatic carbocycles. The van der Waals surface area contributed by atoms with E-state index in [9.17, 15) is 18.0 Å². The Morgan fingerprint density at radius 3 is 2.19 bits per heavy atom. The topological polar surface area (TPSA) is 44.8 Å². The average Bonchev–Trinajstić information content (AvgIpc) is 2.84. The van der Waals surface area contributed by atoms with Crippen LogP contribution in [-0.4, -0.2) is 68.1 Å². The summed E-state index contributed by atoms with van der Waals surface area (Å²) in [5, 5.41) is 3.43. The van der Waals surface area contributed by atoms with Crippen LogP contribution in [0.25, 0.3) is 0 Å². The first kappa shape index (κ1) is 29.0. The van der Waals surface area contributed by atoms with E-state index in [0.717, 1.165) is 57.0 Å². The van der Waals surface area contributed by atoms with Crippen LogP contribution in [0.1, 0.15) is 53.4 Å². The van der Waals surface area contributed by atoms with Crippen LogP contribution in [0.2, 0.25) is 0 Å². The van der Waals surface area contributed by atoms with Crippen molar-refractivity contribution >= 4 is 5.91 Å². The number of alkyl halides is 3. The molecule has 5 nitrogen and oxygen atoms in total. The third-order valence-electron chi connectivity index (χ3n) is 6.86. The molecule has 3 rings (SSSR count). The number of benzene rings is 2. The molecule has 0 aliphatic carbocycles. The first-order valence-corrected chi connectivity index (χ1v) is 13.0. The Bertz CT molecular complexity index is 1040. The quantitative estimate of drug-likeness (QED) is 0.455. The summed E-state index contributed by atoms with van der Waals surface area (Å²) in [6.45, 7) is 16.7. The van der Waals surface area contributed by atoms with Gasteiger partial charge >= 0.3 is 6.18 Å². The van der Waals surface area contributed by atoms with Crippen LogP contribution < -0.4 is 10.1 Å². The molecule has 0 spiro atoms. The van der Waals surface area contributed by atoms with Crippen LogP contribution >= 0.6 is 0 Å². The predicted molar refractivity (Wildman–Crippen MR) is 141 cm³/mol. The van der Waals surface area contributed by atoms with Gasteiger partial charge in [0, 0.05) is 51.4 Å². The molecule has 1 N–H and O–H groups in total. The number of amides is 1. The van der Waals surface area contributed by atoms with Crippen molar-refractivity contribution in [1.82, 2.24) is 15.1 Å². The highest BCUT2D eigenvalue weighted by Crippen LogP contribution is 2.29. The van der Waals surface area contributed by atoms with Gasteiger partial charge in [0.05, 0.1) is 5.56 Å². The van der Waals surface area contributed by atoms with E-state index >= 15 is 0 Å². The summed E-state index contributed by atoms with van der Waals surface area (Å²) >= 11 is 0. The minimum Gasteiger partial charge on any atom is -0.492 e. The maximum Gasteiger partial charge on any atom is 0.416 e. The van der Waals surface area contributed by atoms with Gasteiger partial charge in [-0.05, 0) is 72.7 Å². The molecule has 204 valence electrons. The molecule has 0 unspecified atom stereocenters. The molecule has 0 bridgehead atoms. The maximum atomic E-state index is 12.8.